The van der Waals surface area contributed by atoms with Crippen LogP contribution in [0.5, 0.6) is 0 Å². The number of hydrogen-bond donors (Lipinski definition) is 0. The molecule has 2 saturated heterocycles. The maximum absolute atomic E-state index is 12.9. The van der Waals surface area contributed by atoms with Gasteiger partial charge in [-0.25, -0.2) is 12.7 Å². The maximum Gasteiger partial charge on any atom is 0.218 e. The standard InChI is InChI=1S/C18H27NO4S/c1-2-22-15-18-10-6-12-23-17(18)9-11-19(14-18)24(20,21)13-16-7-4-3-5-8-16/h3-5,7-8,17H,2,6,9-15H2,1H3/t17-,18+/m1/s1. The smallest absolute Gasteiger partial charge is 0.218 e. The Labute approximate surface area is 145 Å². The molecule has 0 unspecified atom stereocenters. The number of nitrogens with zero attached hydrogens (tertiary/aromatic N) is 1. The van der Waals surface area contributed by atoms with E-state index in [1.807, 2.05) is 37.3 Å². The minimum atomic E-state index is -3.33. The first-order chi connectivity index (χ1) is 11.6. The van der Waals surface area contributed by atoms with Gasteiger partial charge >= 0.3 is 0 Å². The Morgan fingerprint density at radius 1 is 1.33 bits per heavy atom. The Balaban J connectivity index is 1.76. The average Bonchev–Trinajstić information content (AvgIpc) is 2.60. The lowest BCUT2D eigenvalue weighted by molar-refractivity contribution is -0.141. The molecule has 3 rings (SSSR count). The molecule has 0 spiro atoms. The summed E-state index contributed by atoms with van der Waals surface area (Å²) in [5, 5.41) is 0. The van der Waals surface area contributed by atoms with Crippen LogP contribution in [0.15, 0.2) is 30.3 Å². The van der Waals surface area contributed by atoms with Crippen LogP contribution in [0.4, 0.5) is 0 Å². The number of fused-ring (bicyclic) bond motifs is 1. The minimum Gasteiger partial charge on any atom is -0.381 e. The molecule has 2 aliphatic heterocycles. The van der Waals surface area contributed by atoms with Gasteiger partial charge in [0.25, 0.3) is 0 Å². The van der Waals surface area contributed by atoms with Gasteiger partial charge in [-0.2, -0.15) is 0 Å². The van der Waals surface area contributed by atoms with E-state index in [9.17, 15) is 8.42 Å². The van der Waals surface area contributed by atoms with Crippen molar-refractivity contribution in [2.75, 3.05) is 32.9 Å². The summed E-state index contributed by atoms with van der Waals surface area (Å²) in [7, 11) is -3.33. The molecule has 0 amide bonds. The van der Waals surface area contributed by atoms with Crippen molar-refractivity contribution < 1.29 is 17.9 Å². The first kappa shape index (κ1) is 17.9. The Hall–Kier alpha value is -0.950. The van der Waals surface area contributed by atoms with E-state index < -0.39 is 10.0 Å². The topological polar surface area (TPSA) is 55.8 Å². The van der Waals surface area contributed by atoms with E-state index in [0.29, 0.717) is 26.3 Å². The van der Waals surface area contributed by atoms with Gasteiger partial charge in [0.05, 0.1) is 18.5 Å². The zero-order valence-corrected chi connectivity index (χ0v) is 15.1. The third kappa shape index (κ3) is 3.82. The number of benzene rings is 1. The molecule has 2 aliphatic rings. The van der Waals surface area contributed by atoms with Crippen LogP contribution in [0.2, 0.25) is 0 Å². The van der Waals surface area contributed by atoms with Gasteiger partial charge in [-0.1, -0.05) is 30.3 Å². The zero-order valence-electron chi connectivity index (χ0n) is 14.3. The first-order valence-corrected chi connectivity index (χ1v) is 10.4. The lowest BCUT2D eigenvalue weighted by Gasteiger charge is -2.49. The third-order valence-corrected chi connectivity index (χ3v) is 6.93. The molecule has 0 aromatic heterocycles. The SMILES string of the molecule is CCOC[C@@]12CCCO[C@@H]1CCN(S(=O)(=O)Cc1ccccc1)C2. The zero-order chi connectivity index (χ0) is 17.0. The van der Waals surface area contributed by atoms with Gasteiger partial charge in [-0.15, -0.1) is 0 Å². The molecule has 2 fully saturated rings. The van der Waals surface area contributed by atoms with E-state index in [1.54, 1.807) is 4.31 Å². The van der Waals surface area contributed by atoms with Gasteiger partial charge < -0.3 is 9.47 Å². The summed E-state index contributed by atoms with van der Waals surface area (Å²) >= 11 is 0. The molecular weight excluding hydrogens is 326 g/mol. The van der Waals surface area contributed by atoms with Crippen molar-refractivity contribution in [2.45, 2.75) is 38.0 Å². The molecule has 0 bridgehead atoms. The highest BCUT2D eigenvalue weighted by Crippen LogP contribution is 2.41. The maximum atomic E-state index is 12.9. The fraction of sp³-hybridized carbons (Fsp3) is 0.667. The summed E-state index contributed by atoms with van der Waals surface area (Å²) in [6.45, 7) is 5.01. The van der Waals surface area contributed by atoms with Crippen LogP contribution in [-0.4, -0.2) is 51.7 Å². The van der Waals surface area contributed by atoms with Crippen molar-refractivity contribution in [3.05, 3.63) is 35.9 Å². The van der Waals surface area contributed by atoms with E-state index in [2.05, 4.69) is 0 Å². The van der Waals surface area contributed by atoms with Crippen LogP contribution in [0, 0.1) is 5.41 Å². The Bertz CT molecular complexity index is 634. The number of piperidine rings is 1. The summed E-state index contributed by atoms with van der Waals surface area (Å²) in [6, 6.07) is 9.39. The van der Waals surface area contributed by atoms with Crippen molar-refractivity contribution in [3.63, 3.8) is 0 Å². The number of rotatable bonds is 6. The lowest BCUT2D eigenvalue weighted by atomic mass is 9.73. The second-order valence-electron chi connectivity index (χ2n) is 6.83. The molecule has 0 aliphatic carbocycles. The van der Waals surface area contributed by atoms with E-state index in [4.69, 9.17) is 9.47 Å². The van der Waals surface area contributed by atoms with Crippen LogP contribution in [0.25, 0.3) is 0 Å². The molecule has 2 atom stereocenters. The van der Waals surface area contributed by atoms with Crippen molar-refractivity contribution in [2.24, 2.45) is 5.41 Å². The highest BCUT2D eigenvalue weighted by molar-refractivity contribution is 7.88. The van der Waals surface area contributed by atoms with Gasteiger partial charge in [0.2, 0.25) is 10.0 Å². The van der Waals surface area contributed by atoms with E-state index >= 15 is 0 Å². The molecule has 6 heteroatoms. The van der Waals surface area contributed by atoms with Crippen molar-refractivity contribution in [1.29, 1.82) is 0 Å². The lowest BCUT2D eigenvalue weighted by Crippen LogP contribution is -2.58. The molecule has 134 valence electrons. The third-order valence-electron chi connectivity index (χ3n) is 5.13. The molecule has 1 aromatic rings. The summed E-state index contributed by atoms with van der Waals surface area (Å²) in [4.78, 5) is 0. The quantitative estimate of drug-likeness (QED) is 0.788. The monoisotopic (exact) mass is 353 g/mol. The Morgan fingerprint density at radius 3 is 2.88 bits per heavy atom. The molecule has 0 saturated carbocycles. The number of ether oxygens (including phenoxy) is 2. The fourth-order valence-electron chi connectivity index (χ4n) is 3.88. The first-order valence-electron chi connectivity index (χ1n) is 8.77. The van der Waals surface area contributed by atoms with E-state index in [1.165, 1.54) is 0 Å². The van der Waals surface area contributed by atoms with Gasteiger partial charge in [0.1, 0.15) is 0 Å². The van der Waals surface area contributed by atoms with E-state index in [0.717, 1.165) is 31.4 Å². The van der Waals surface area contributed by atoms with Gasteiger partial charge in [-0.3, -0.25) is 0 Å². The summed E-state index contributed by atoms with van der Waals surface area (Å²) in [5.74, 6) is 0.0596. The van der Waals surface area contributed by atoms with Crippen LogP contribution in [0.1, 0.15) is 31.7 Å². The predicted molar refractivity (Wildman–Crippen MR) is 93.2 cm³/mol. The summed E-state index contributed by atoms with van der Waals surface area (Å²) in [6.07, 6.45) is 2.80. The number of sulfonamides is 1. The van der Waals surface area contributed by atoms with Crippen LogP contribution >= 0.6 is 0 Å². The average molecular weight is 353 g/mol. The highest BCUT2D eigenvalue weighted by Gasteiger charge is 2.48. The van der Waals surface area contributed by atoms with Crippen molar-refractivity contribution >= 4 is 10.0 Å². The normalized spacial score (nSPS) is 28.5. The van der Waals surface area contributed by atoms with E-state index in [-0.39, 0.29) is 17.3 Å². The van der Waals surface area contributed by atoms with Gasteiger partial charge in [-0.05, 0) is 31.7 Å². The minimum absolute atomic E-state index is 0.0596. The molecule has 1 aromatic carbocycles. The van der Waals surface area contributed by atoms with Gasteiger partial charge in [0, 0.05) is 31.7 Å². The molecule has 0 radical (unpaired) electrons. The molecular formula is C18H27NO4S. The van der Waals surface area contributed by atoms with Crippen molar-refractivity contribution in [1.82, 2.24) is 4.31 Å². The van der Waals surface area contributed by atoms with Gasteiger partial charge in [0.15, 0.2) is 0 Å². The Morgan fingerprint density at radius 2 is 2.12 bits per heavy atom. The summed E-state index contributed by atoms with van der Waals surface area (Å²) in [5.41, 5.74) is 0.634. The van der Waals surface area contributed by atoms with Crippen LogP contribution < -0.4 is 0 Å². The predicted octanol–water partition coefficient (Wildman–Crippen LogP) is 2.42. The molecule has 0 N–H and O–H groups in total. The van der Waals surface area contributed by atoms with Crippen LogP contribution in [-0.2, 0) is 25.2 Å². The largest absolute Gasteiger partial charge is 0.381 e. The Kier molecular flexibility index (Phi) is 5.59. The van der Waals surface area contributed by atoms with Crippen LogP contribution in [0.3, 0.4) is 0 Å². The molecule has 5 nitrogen and oxygen atoms in total. The van der Waals surface area contributed by atoms with Crippen molar-refractivity contribution in [3.8, 4) is 0 Å². The molecule has 2 heterocycles. The second kappa shape index (κ2) is 7.52. The fourth-order valence-corrected chi connectivity index (χ4v) is 5.51. The summed E-state index contributed by atoms with van der Waals surface area (Å²) < 4.78 is 39.1. The number of hydrogen-bond acceptors (Lipinski definition) is 4. The second-order valence-corrected chi connectivity index (χ2v) is 8.80. The highest BCUT2D eigenvalue weighted by atomic mass is 32.2. The molecule has 24 heavy (non-hydrogen) atoms.